The molecule has 3 aliphatic rings. The summed E-state index contributed by atoms with van der Waals surface area (Å²) in [5.74, 6) is 3.57. The molecule has 1 spiro atoms. The molecule has 4 rings (SSSR count). The molecule has 26 heavy (non-hydrogen) atoms. The molecule has 142 valence electrons. The van der Waals surface area contributed by atoms with Crippen LogP contribution in [-0.4, -0.2) is 55.6 Å². The quantitative estimate of drug-likeness (QED) is 0.649. The summed E-state index contributed by atoms with van der Waals surface area (Å²) in [7, 11) is 1.92. The Morgan fingerprint density at radius 2 is 1.81 bits per heavy atom. The van der Waals surface area contributed by atoms with Crippen LogP contribution in [0.4, 0.5) is 5.69 Å². The topological polar surface area (TPSA) is 30.9 Å². The Balaban J connectivity index is 1.31. The van der Waals surface area contributed by atoms with Gasteiger partial charge in [0.05, 0.1) is 0 Å². The van der Waals surface area contributed by atoms with Crippen molar-refractivity contribution in [1.82, 2.24) is 10.2 Å². The van der Waals surface area contributed by atoms with Gasteiger partial charge in [-0.2, -0.15) is 11.8 Å². The smallest absolute Gasteiger partial charge is 0.193 e. The highest BCUT2D eigenvalue weighted by molar-refractivity contribution is 7.99. The van der Waals surface area contributed by atoms with E-state index in [1.165, 1.54) is 74.5 Å². The SMILES string of the molecule is CN=C(NCc1ccc(N2CCSCC2)cc1)N1CCC2(CCCC2)C1. The van der Waals surface area contributed by atoms with E-state index in [0.29, 0.717) is 5.41 Å². The highest BCUT2D eigenvalue weighted by atomic mass is 32.2. The molecule has 1 aliphatic carbocycles. The summed E-state index contributed by atoms with van der Waals surface area (Å²) in [5, 5.41) is 3.59. The van der Waals surface area contributed by atoms with Gasteiger partial charge in [-0.3, -0.25) is 4.99 Å². The van der Waals surface area contributed by atoms with Gasteiger partial charge in [-0.25, -0.2) is 0 Å². The molecular weight excluding hydrogens is 340 g/mol. The van der Waals surface area contributed by atoms with E-state index in [-0.39, 0.29) is 0 Å². The molecule has 5 heteroatoms. The van der Waals surface area contributed by atoms with Crippen molar-refractivity contribution in [3.05, 3.63) is 29.8 Å². The van der Waals surface area contributed by atoms with E-state index in [1.54, 1.807) is 0 Å². The number of nitrogens with one attached hydrogen (secondary N) is 1. The van der Waals surface area contributed by atoms with Gasteiger partial charge in [-0.05, 0) is 42.4 Å². The molecule has 4 nitrogen and oxygen atoms in total. The van der Waals surface area contributed by atoms with Gasteiger partial charge in [0.15, 0.2) is 5.96 Å². The molecule has 1 aromatic rings. The van der Waals surface area contributed by atoms with E-state index in [9.17, 15) is 0 Å². The van der Waals surface area contributed by atoms with Crippen LogP contribution in [0.1, 0.15) is 37.7 Å². The first-order valence-electron chi connectivity index (χ1n) is 10.2. The minimum Gasteiger partial charge on any atom is -0.370 e. The number of nitrogens with zero attached hydrogens (tertiary/aromatic N) is 3. The first-order valence-corrected chi connectivity index (χ1v) is 11.3. The molecule has 2 heterocycles. The van der Waals surface area contributed by atoms with Crippen molar-refractivity contribution >= 4 is 23.4 Å². The third kappa shape index (κ3) is 3.98. The maximum absolute atomic E-state index is 4.55. The van der Waals surface area contributed by atoms with Crippen LogP contribution in [0.25, 0.3) is 0 Å². The average Bonchev–Trinajstić information content (AvgIpc) is 3.34. The Morgan fingerprint density at radius 1 is 1.08 bits per heavy atom. The number of aliphatic imine (C=N–C) groups is 1. The molecule has 0 amide bonds. The van der Waals surface area contributed by atoms with E-state index in [0.717, 1.165) is 19.0 Å². The van der Waals surface area contributed by atoms with Crippen LogP contribution in [0.2, 0.25) is 0 Å². The van der Waals surface area contributed by atoms with E-state index < -0.39 is 0 Å². The standard InChI is InChI=1S/C21H32N4S/c1-22-20(25-11-10-21(17-25)8-2-3-9-21)23-16-18-4-6-19(7-5-18)24-12-14-26-15-13-24/h4-7H,2-3,8-17H2,1H3,(H,22,23). The summed E-state index contributed by atoms with van der Waals surface area (Å²) in [6.45, 7) is 5.55. The number of rotatable bonds is 3. The van der Waals surface area contributed by atoms with Crippen LogP contribution in [0.5, 0.6) is 0 Å². The fourth-order valence-electron chi connectivity index (χ4n) is 4.81. The van der Waals surface area contributed by atoms with Gasteiger partial charge in [0.2, 0.25) is 0 Å². The summed E-state index contributed by atoms with van der Waals surface area (Å²) in [5.41, 5.74) is 3.28. The van der Waals surface area contributed by atoms with Gasteiger partial charge in [0.25, 0.3) is 0 Å². The average molecular weight is 373 g/mol. The van der Waals surface area contributed by atoms with Crippen molar-refractivity contribution in [3.8, 4) is 0 Å². The van der Waals surface area contributed by atoms with Crippen LogP contribution in [-0.2, 0) is 6.54 Å². The maximum atomic E-state index is 4.55. The molecule has 0 radical (unpaired) electrons. The lowest BCUT2D eigenvalue weighted by Gasteiger charge is -2.28. The number of hydrogen-bond acceptors (Lipinski definition) is 3. The first kappa shape index (κ1) is 18.0. The summed E-state index contributed by atoms with van der Waals surface area (Å²) in [6.07, 6.45) is 7.01. The number of anilines is 1. The summed E-state index contributed by atoms with van der Waals surface area (Å²) < 4.78 is 0. The highest BCUT2D eigenvalue weighted by Gasteiger charge is 2.41. The number of hydrogen-bond donors (Lipinski definition) is 1. The molecule has 1 N–H and O–H groups in total. The number of thioether (sulfide) groups is 1. The van der Waals surface area contributed by atoms with Crippen molar-refractivity contribution in [1.29, 1.82) is 0 Å². The lowest BCUT2D eigenvalue weighted by atomic mass is 9.86. The van der Waals surface area contributed by atoms with Crippen LogP contribution in [0.15, 0.2) is 29.3 Å². The molecule has 0 atom stereocenters. The van der Waals surface area contributed by atoms with Crippen LogP contribution in [0.3, 0.4) is 0 Å². The molecule has 2 aliphatic heterocycles. The predicted octanol–water partition coefficient (Wildman–Crippen LogP) is 3.58. The van der Waals surface area contributed by atoms with Gasteiger partial charge >= 0.3 is 0 Å². The zero-order valence-electron chi connectivity index (χ0n) is 16.0. The normalized spacial score (nSPS) is 23.0. The molecule has 0 aromatic heterocycles. The van der Waals surface area contributed by atoms with Crippen molar-refractivity contribution in [2.45, 2.75) is 38.6 Å². The Hall–Kier alpha value is -1.36. The van der Waals surface area contributed by atoms with Crippen LogP contribution in [0, 0.1) is 5.41 Å². The molecule has 2 saturated heterocycles. The summed E-state index contributed by atoms with van der Waals surface area (Å²) >= 11 is 2.06. The van der Waals surface area contributed by atoms with Gasteiger partial charge in [0.1, 0.15) is 0 Å². The van der Waals surface area contributed by atoms with Gasteiger partial charge in [0, 0.05) is 57.0 Å². The van der Waals surface area contributed by atoms with Gasteiger partial charge < -0.3 is 15.1 Å². The Kier molecular flexibility index (Phi) is 5.63. The van der Waals surface area contributed by atoms with Crippen molar-refractivity contribution in [2.24, 2.45) is 10.4 Å². The van der Waals surface area contributed by atoms with Gasteiger partial charge in [-0.15, -0.1) is 0 Å². The Morgan fingerprint density at radius 3 is 2.50 bits per heavy atom. The monoisotopic (exact) mass is 372 g/mol. The van der Waals surface area contributed by atoms with E-state index in [1.807, 2.05) is 7.05 Å². The van der Waals surface area contributed by atoms with Crippen LogP contribution < -0.4 is 10.2 Å². The second kappa shape index (κ2) is 8.12. The third-order valence-electron chi connectivity index (χ3n) is 6.38. The largest absolute Gasteiger partial charge is 0.370 e. The minimum absolute atomic E-state index is 0.589. The fourth-order valence-corrected chi connectivity index (χ4v) is 5.71. The van der Waals surface area contributed by atoms with Crippen molar-refractivity contribution < 1.29 is 0 Å². The second-order valence-electron chi connectivity index (χ2n) is 8.05. The minimum atomic E-state index is 0.589. The molecule has 3 fully saturated rings. The summed E-state index contributed by atoms with van der Waals surface area (Å²) in [4.78, 5) is 9.53. The fraction of sp³-hybridized carbons (Fsp3) is 0.667. The number of guanidine groups is 1. The second-order valence-corrected chi connectivity index (χ2v) is 9.27. The lowest BCUT2D eigenvalue weighted by molar-refractivity contribution is 0.309. The number of likely N-dealkylation sites (tertiary alicyclic amines) is 1. The molecule has 0 bridgehead atoms. The highest BCUT2D eigenvalue weighted by Crippen LogP contribution is 2.45. The summed E-state index contributed by atoms with van der Waals surface area (Å²) in [6, 6.07) is 9.08. The molecule has 0 unspecified atom stereocenters. The van der Waals surface area contributed by atoms with Gasteiger partial charge in [-0.1, -0.05) is 25.0 Å². The third-order valence-corrected chi connectivity index (χ3v) is 7.32. The Bertz CT molecular complexity index is 615. The predicted molar refractivity (Wildman–Crippen MR) is 113 cm³/mol. The molecule has 1 aromatic carbocycles. The zero-order valence-corrected chi connectivity index (χ0v) is 16.9. The van der Waals surface area contributed by atoms with E-state index in [4.69, 9.17) is 0 Å². The van der Waals surface area contributed by atoms with Crippen LogP contribution >= 0.6 is 11.8 Å². The number of benzene rings is 1. The van der Waals surface area contributed by atoms with E-state index in [2.05, 4.69) is 56.1 Å². The maximum Gasteiger partial charge on any atom is 0.193 e. The lowest BCUT2D eigenvalue weighted by Crippen LogP contribution is -2.40. The van der Waals surface area contributed by atoms with Crippen molar-refractivity contribution in [3.63, 3.8) is 0 Å². The zero-order chi connectivity index (χ0) is 17.8. The Labute approximate surface area is 162 Å². The first-order chi connectivity index (χ1) is 12.8. The molecular formula is C21H32N4S. The van der Waals surface area contributed by atoms with E-state index >= 15 is 0 Å². The molecule has 1 saturated carbocycles. The van der Waals surface area contributed by atoms with Crippen molar-refractivity contribution in [2.75, 3.05) is 49.6 Å².